The van der Waals surface area contributed by atoms with E-state index in [0.29, 0.717) is 6.42 Å². The van der Waals surface area contributed by atoms with Crippen molar-refractivity contribution in [1.29, 1.82) is 0 Å². The van der Waals surface area contributed by atoms with Crippen molar-refractivity contribution in [1.82, 2.24) is 5.32 Å². The minimum Gasteiger partial charge on any atom is -0.333 e. The van der Waals surface area contributed by atoms with Gasteiger partial charge in [-0.1, -0.05) is 84.1 Å². The van der Waals surface area contributed by atoms with Crippen LogP contribution in [0.1, 0.15) is 90.4 Å². The first-order valence-corrected chi connectivity index (χ1v) is 8.21. The minimum atomic E-state index is 0.0991. The van der Waals surface area contributed by atoms with Crippen LogP contribution in [-0.4, -0.2) is 5.91 Å². The molecule has 0 radical (unpaired) electrons. The van der Waals surface area contributed by atoms with Gasteiger partial charge in [0.15, 0.2) is 0 Å². The molecule has 0 aromatic heterocycles. The van der Waals surface area contributed by atoms with E-state index in [1.165, 1.54) is 76.8 Å². The van der Waals surface area contributed by atoms with Crippen molar-refractivity contribution in [2.45, 2.75) is 90.4 Å². The average Bonchev–Trinajstić information content (AvgIpc) is 2.40. The van der Waals surface area contributed by atoms with Crippen LogP contribution in [0.5, 0.6) is 0 Å². The second kappa shape index (κ2) is 15.3. The van der Waals surface area contributed by atoms with E-state index in [0.717, 1.165) is 6.42 Å². The highest BCUT2D eigenvalue weighted by Crippen LogP contribution is 2.12. The molecule has 0 spiro atoms. The molecule has 0 aromatic rings. The van der Waals surface area contributed by atoms with Crippen molar-refractivity contribution >= 4 is 5.91 Å². The fourth-order valence-electron chi connectivity index (χ4n) is 2.31. The Kier molecular flexibility index (Phi) is 14.6. The molecular formula is C17H33NO. The van der Waals surface area contributed by atoms with Crippen molar-refractivity contribution in [2.24, 2.45) is 0 Å². The van der Waals surface area contributed by atoms with Crippen LogP contribution in [-0.2, 0) is 4.79 Å². The number of rotatable bonds is 14. The van der Waals surface area contributed by atoms with Gasteiger partial charge in [-0.25, -0.2) is 0 Å². The van der Waals surface area contributed by atoms with Crippen molar-refractivity contribution in [2.75, 3.05) is 0 Å². The number of amides is 1. The van der Waals surface area contributed by atoms with E-state index < -0.39 is 0 Å². The molecule has 0 heterocycles. The molecule has 0 aliphatic heterocycles. The maximum atomic E-state index is 11.1. The third-order valence-corrected chi connectivity index (χ3v) is 3.52. The van der Waals surface area contributed by atoms with Gasteiger partial charge in [0.05, 0.1) is 0 Å². The molecule has 0 aliphatic carbocycles. The zero-order valence-electron chi connectivity index (χ0n) is 12.9. The van der Waals surface area contributed by atoms with Crippen LogP contribution in [0, 0.1) is 0 Å². The fraction of sp³-hybridized carbons (Fsp3) is 0.824. The van der Waals surface area contributed by atoms with E-state index in [4.69, 9.17) is 0 Å². The molecule has 0 fully saturated rings. The van der Waals surface area contributed by atoms with Crippen molar-refractivity contribution in [3.8, 4) is 0 Å². The second-order valence-corrected chi connectivity index (χ2v) is 5.41. The molecule has 0 saturated heterocycles. The van der Waals surface area contributed by atoms with E-state index >= 15 is 0 Å². The summed E-state index contributed by atoms with van der Waals surface area (Å²) in [7, 11) is 0. The van der Waals surface area contributed by atoms with Gasteiger partial charge in [-0.05, 0) is 12.6 Å². The summed E-state index contributed by atoms with van der Waals surface area (Å²) in [5, 5.41) is 2.61. The summed E-state index contributed by atoms with van der Waals surface area (Å²) in [6.45, 7) is 5.74. The number of unbranched alkanes of at least 4 members (excludes halogenated alkanes) is 11. The summed E-state index contributed by atoms with van der Waals surface area (Å²) < 4.78 is 0. The molecular weight excluding hydrogens is 234 g/mol. The zero-order chi connectivity index (χ0) is 14.2. The molecule has 0 atom stereocenters. The summed E-state index contributed by atoms with van der Waals surface area (Å²) in [5.41, 5.74) is 0. The summed E-state index contributed by atoms with van der Waals surface area (Å²) in [4.78, 5) is 11.1. The smallest absolute Gasteiger partial charge is 0.223 e. The molecule has 1 N–H and O–H groups in total. The van der Waals surface area contributed by atoms with E-state index in [9.17, 15) is 4.79 Å². The number of hydrogen-bond acceptors (Lipinski definition) is 1. The van der Waals surface area contributed by atoms with Gasteiger partial charge in [0.2, 0.25) is 5.91 Å². The molecule has 2 heteroatoms. The third-order valence-electron chi connectivity index (χ3n) is 3.52. The number of hydrogen-bond donors (Lipinski definition) is 1. The van der Waals surface area contributed by atoms with Crippen LogP contribution in [0.3, 0.4) is 0 Å². The van der Waals surface area contributed by atoms with Gasteiger partial charge in [-0.15, -0.1) is 0 Å². The molecule has 1 amide bonds. The van der Waals surface area contributed by atoms with Crippen molar-refractivity contribution in [3.63, 3.8) is 0 Å². The lowest BCUT2D eigenvalue weighted by atomic mass is 10.0. The normalized spacial score (nSPS) is 10.4. The van der Waals surface area contributed by atoms with Crippen molar-refractivity contribution < 1.29 is 4.79 Å². The van der Waals surface area contributed by atoms with Gasteiger partial charge in [-0.2, -0.15) is 0 Å². The Bertz CT molecular complexity index is 213. The highest BCUT2D eigenvalue weighted by Gasteiger charge is 1.98. The van der Waals surface area contributed by atoms with Gasteiger partial charge in [0.25, 0.3) is 0 Å². The van der Waals surface area contributed by atoms with Crippen LogP contribution in [0.2, 0.25) is 0 Å². The molecule has 112 valence electrons. The van der Waals surface area contributed by atoms with E-state index in [-0.39, 0.29) is 5.91 Å². The Balaban J connectivity index is 3.02. The maximum absolute atomic E-state index is 11.1. The average molecular weight is 267 g/mol. The molecule has 0 aliphatic rings. The van der Waals surface area contributed by atoms with Gasteiger partial charge in [0, 0.05) is 6.42 Å². The largest absolute Gasteiger partial charge is 0.333 e. The molecule has 0 saturated carbocycles. The Morgan fingerprint density at radius 2 is 1.26 bits per heavy atom. The lowest BCUT2D eigenvalue weighted by Gasteiger charge is -2.03. The first-order chi connectivity index (χ1) is 9.31. The number of carbonyl (C=O) groups excluding carboxylic acids is 1. The SMILES string of the molecule is C=CNC(=O)CCCCCCCCCCCCCC. The number of nitrogens with one attached hydrogen (secondary N) is 1. The predicted molar refractivity (Wildman–Crippen MR) is 84.0 cm³/mol. The molecule has 0 rings (SSSR count). The standard InChI is InChI=1S/C17H33NO/c1-3-5-6-7-8-9-10-11-12-13-14-15-16-17(19)18-4-2/h4H,2-3,5-16H2,1H3,(H,18,19). The Morgan fingerprint density at radius 3 is 1.68 bits per heavy atom. The number of carbonyl (C=O) groups is 1. The Labute approximate surface area is 120 Å². The van der Waals surface area contributed by atoms with Crippen LogP contribution < -0.4 is 5.32 Å². The zero-order valence-corrected chi connectivity index (χ0v) is 12.9. The first-order valence-electron chi connectivity index (χ1n) is 8.21. The monoisotopic (exact) mass is 267 g/mol. The minimum absolute atomic E-state index is 0.0991. The third kappa shape index (κ3) is 15.2. The Morgan fingerprint density at radius 1 is 0.842 bits per heavy atom. The Hall–Kier alpha value is -0.790. The summed E-state index contributed by atoms with van der Waals surface area (Å²) in [6, 6.07) is 0. The molecule has 0 aromatic carbocycles. The van der Waals surface area contributed by atoms with E-state index in [1.807, 2.05) is 0 Å². The van der Waals surface area contributed by atoms with E-state index in [2.05, 4.69) is 18.8 Å². The molecule has 0 bridgehead atoms. The summed E-state index contributed by atoms with van der Waals surface area (Å²) in [6.07, 6.45) is 18.1. The van der Waals surface area contributed by atoms with Gasteiger partial charge in [-0.3, -0.25) is 4.79 Å². The van der Waals surface area contributed by atoms with Gasteiger partial charge >= 0.3 is 0 Å². The lowest BCUT2D eigenvalue weighted by Crippen LogP contribution is -2.15. The topological polar surface area (TPSA) is 29.1 Å². The predicted octanol–water partition coefficient (Wildman–Crippen LogP) is 5.34. The molecule has 0 unspecified atom stereocenters. The second-order valence-electron chi connectivity index (χ2n) is 5.41. The highest BCUT2D eigenvalue weighted by molar-refractivity contribution is 5.76. The molecule has 2 nitrogen and oxygen atoms in total. The van der Waals surface area contributed by atoms with E-state index in [1.54, 1.807) is 0 Å². The van der Waals surface area contributed by atoms with Crippen LogP contribution >= 0.6 is 0 Å². The lowest BCUT2D eigenvalue weighted by molar-refractivity contribution is -0.120. The fourth-order valence-corrected chi connectivity index (χ4v) is 2.31. The van der Waals surface area contributed by atoms with Crippen molar-refractivity contribution in [3.05, 3.63) is 12.8 Å². The summed E-state index contributed by atoms with van der Waals surface area (Å²) >= 11 is 0. The summed E-state index contributed by atoms with van der Waals surface area (Å²) in [5.74, 6) is 0.0991. The van der Waals surface area contributed by atoms with Gasteiger partial charge < -0.3 is 5.32 Å². The molecule has 19 heavy (non-hydrogen) atoms. The maximum Gasteiger partial charge on any atom is 0.223 e. The van der Waals surface area contributed by atoms with Gasteiger partial charge in [0.1, 0.15) is 0 Å². The first kappa shape index (κ1) is 18.2. The quantitative estimate of drug-likeness (QED) is 0.423. The van der Waals surface area contributed by atoms with Crippen LogP contribution in [0.25, 0.3) is 0 Å². The van der Waals surface area contributed by atoms with Crippen LogP contribution in [0.15, 0.2) is 12.8 Å². The van der Waals surface area contributed by atoms with Crippen LogP contribution in [0.4, 0.5) is 0 Å². The highest BCUT2D eigenvalue weighted by atomic mass is 16.1.